The summed E-state index contributed by atoms with van der Waals surface area (Å²) < 4.78 is 26.5. The normalized spacial score (nSPS) is 10.3. The molecule has 0 spiro atoms. The molecule has 2 aromatic heterocycles. The summed E-state index contributed by atoms with van der Waals surface area (Å²) in [6, 6.07) is 9.84. The summed E-state index contributed by atoms with van der Waals surface area (Å²) in [6.45, 7) is 0.422. The Morgan fingerprint density at radius 1 is 1.04 bits per heavy atom. The van der Waals surface area contributed by atoms with Crippen LogP contribution in [0.2, 0.25) is 0 Å². The van der Waals surface area contributed by atoms with E-state index in [-0.39, 0.29) is 11.4 Å². The van der Waals surface area contributed by atoms with E-state index < -0.39 is 17.5 Å². The average molecular weight is 341 g/mol. The molecular weight excluding hydrogens is 328 g/mol. The Kier molecular flexibility index (Phi) is 4.89. The number of nitrogens with zero attached hydrogens (tertiary/aromatic N) is 3. The van der Waals surface area contributed by atoms with Crippen molar-refractivity contribution in [3.05, 3.63) is 78.0 Å². The van der Waals surface area contributed by atoms with Crippen molar-refractivity contribution in [1.29, 1.82) is 0 Å². The lowest BCUT2D eigenvalue weighted by molar-refractivity contribution is 0.102. The number of hydrogen-bond acceptors (Lipinski definition) is 5. The second kappa shape index (κ2) is 7.43. The van der Waals surface area contributed by atoms with Crippen molar-refractivity contribution in [3.63, 3.8) is 0 Å². The van der Waals surface area contributed by atoms with E-state index in [9.17, 15) is 13.6 Å². The number of hydrogen-bond donors (Lipinski definition) is 2. The van der Waals surface area contributed by atoms with E-state index in [4.69, 9.17) is 0 Å². The van der Waals surface area contributed by atoms with Crippen molar-refractivity contribution in [2.45, 2.75) is 6.54 Å². The fourth-order valence-corrected chi connectivity index (χ4v) is 2.04. The molecule has 25 heavy (non-hydrogen) atoms. The number of nitrogens with one attached hydrogen (secondary N) is 2. The van der Waals surface area contributed by atoms with Crippen molar-refractivity contribution in [2.75, 3.05) is 10.6 Å². The van der Waals surface area contributed by atoms with Gasteiger partial charge in [0.2, 0.25) is 0 Å². The second-order valence-corrected chi connectivity index (χ2v) is 5.04. The maximum Gasteiger partial charge on any atom is 0.274 e. The van der Waals surface area contributed by atoms with Gasteiger partial charge in [-0.05, 0) is 24.3 Å². The lowest BCUT2D eigenvalue weighted by Gasteiger charge is -2.08. The SMILES string of the molecule is O=C(Nc1ccc(F)cc1F)c1cc(NCc2ccccn2)ncn1. The quantitative estimate of drug-likeness (QED) is 0.746. The first kappa shape index (κ1) is 16.4. The summed E-state index contributed by atoms with van der Waals surface area (Å²) in [4.78, 5) is 24.2. The summed E-state index contributed by atoms with van der Waals surface area (Å²) in [5.41, 5.74) is 0.718. The van der Waals surface area contributed by atoms with E-state index in [1.54, 1.807) is 6.20 Å². The Balaban J connectivity index is 1.69. The molecule has 126 valence electrons. The summed E-state index contributed by atoms with van der Waals surface area (Å²) in [7, 11) is 0. The van der Waals surface area contributed by atoms with E-state index in [0.29, 0.717) is 18.4 Å². The van der Waals surface area contributed by atoms with E-state index in [0.717, 1.165) is 17.8 Å². The first-order valence-electron chi connectivity index (χ1n) is 7.34. The predicted octanol–water partition coefficient (Wildman–Crippen LogP) is 3.01. The van der Waals surface area contributed by atoms with Crippen LogP contribution in [0.15, 0.2) is 55.0 Å². The number of amides is 1. The molecule has 0 aliphatic rings. The van der Waals surface area contributed by atoms with Gasteiger partial charge in [0, 0.05) is 18.3 Å². The fraction of sp³-hybridized carbons (Fsp3) is 0.0588. The number of halogens is 2. The lowest BCUT2D eigenvalue weighted by atomic mass is 10.2. The van der Waals surface area contributed by atoms with Gasteiger partial charge in [-0.15, -0.1) is 0 Å². The van der Waals surface area contributed by atoms with E-state index in [1.807, 2.05) is 18.2 Å². The maximum atomic E-state index is 13.6. The number of benzene rings is 1. The molecule has 2 heterocycles. The molecule has 0 radical (unpaired) electrons. The maximum absolute atomic E-state index is 13.6. The van der Waals surface area contributed by atoms with Gasteiger partial charge in [-0.1, -0.05) is 6.07 Å². The zero-order valence-electron chi connectivity index (χ0n) is 12.9. The van der Waals surface area contributed by atoms with Crippen LogP contribution in [0.1, 0.15) is 16.2 Å². The van der Waals surface area contributed by atoms with Gasteiger partial charge < -0.3 is 10.6 Å². The van der Waals surface area contributed by atoms with Crippen LogP contribution in [-0.2, 0) is 6.54 Å². The summed E-state index contributed by atoms with van der Waals surface area (Å²) in [5.74, 6) is -1.80. The molecule has 0 saturated carbocycles. The molecule has 0 saturated heterocycles. The minimum absolute atomic E-state index is 0.0437. The van der Waals surface area contributed by atoms with Gasteiger partial charge in [0.1, 0.15) is 29.5 Å². The molecule has 6 nitrogen and oxygen atoms in total. The van der Waals surface area contributed by atoms with Gasteiger partial charge in [0.25, 0.3) is 5.91 Å². The topological polar surface area (TPSA) is 79.8 Å². The molecule has 0 bridgehead atoms. The van der Waals surface area contributed by atoms with Crippen LogP contribution in [0, 0.1) is 11.6 Å². The highest BCUT2D eigenvalue weighted by molar-refractivity contribution is 6.03. The van der Waals surface area contributed by atoms with E-state index in [1.165, 1.54) is 12.4 Å². The van der Waals surface area contributed by atoms with Crippen LogP contribution < -0.4 is 10.6 Å². The van der Waals surface area contributed by atoms with Crippen LogP contribution in [0.25, 0.3) is 0 Å². The van der Waals surface area contributed by atoms with Crippen molar-refractivity contribution in [2.24, 2.45) is 0 Å². The highest BCUT2D eigenvalue weighted by atomic mass is 19.1. The second-order valence-electron chi connectivity index (χ2n) is 5.04. The molecule has 8 heteroatoms. The first-order chi connectivity index (χ1) is 12.1. The molecule has 1 amide bonds. The largest absolute Gasteiger partial charge is 0.364 e. The minimum atomic E-state index is -0.865. The van der Waals surface area contributed by atoms with Crippen LogP contribution in [0.4, 0.5) is 20.3 Å². The lowest BCUT2D eigenvalue weighted by Crippen LogP contribution is -2.15. The van der Waals surface area contributed by atoms with E-state index >= 15 is 0 Å². The number of carbonyl (C=O) groups is 1. The number of pyridine rings is 1. The average Bonchev–Trinajstić information content (AvgIpc) is 2.63. The minimum Gasteiger partial charge on any atom is -0.364 e. The molecule has 3 rings (SSSR count). The summed E-state index contributed by atoms with van der Waals surface area (Å²) in [5, 5.41) is 5.37. The molecule has 3 aromatic rings. The highest BCUT2D eigenvalue weighted by Crippen LogP contribution is 2.16. The Hall–Kier alpha value is -3.42. The Bertz CT molecular complexity index is 889. The van der Waals surface area contributed by atoms with Gasteiger partial charge in [-0.3, -0.25) is 9.78 Å². The number of rotatable bonds is 5. The van der Waals surface area contributed by atoms with Crippen molar-refractivity contribution < 1.29 is 13.6 Å². The number of aromatic nitrogens is 3. The third-order valence-electron chi connectivity index (χ3n) is 3.26. The Labute approximate surface area is 142 Å². The fourth-order valence-electron chi connectivity index (χ4n) is 2.04. The summed E-state index contributed by atoms with van der Waals surface area (Å²) in [6.07, 6.45) is 2.89. The third-order valence-corrected chi connectivity index (χ3v) is 3.26. The van der Waals surface area contributed by atoms with Crippen molar-refractivity contribution >= 4 is 17.4 Å². The standard InChI is InChI=1S/C17H13F2N5O/c18-11-4-5-14(13(19)7-11)24-17(25)15-8-16(23-10-22-15)21-9-12-3-1-2-6-20-12/h1-8,10H,9H2,(H,24,25)(H,21,22,23). The monoisotopic (exact) mass is 341 g/mol. The van der Waals surface area contributed by atoms with Crippen molar-refractivity contribution in [3.8, 4) is 0 Å². The highest BCUT2D eigenvalue weighted by Gasteiger charge is 2.12. The summed E-state index contributed by atoms with van der Waals surface area (Å²) >= 11 is 0. The zero-order chi connectivity index (χ0) is 17.6. The predicted molar refractivity (Wildman–Crippen MR) is 87.9 cm³/mol. The van der Waals surface area contributed by atoms with Gasteiger partial charge in [0.15, 0.2) is 0 Å². The number of anilines is 2. The van der Waals surface area contributed by atoms with Crippen molar-refractivity contribution in [1.82, 2.24) is 15.0 Å². The van der Waals surface area contributed by atoms with E-state index in [2.05, 4.69) is 25.6 Å². The molecule has 0 unspecified atom stereocenters. The molecular formula is C17H13F2N5O. The molecule has 1 aromatic carbocycles. The van der Waals surface area contributed by atoms with Gasteiger partial charge in [-0.25, -0.2) is 18.7 Å². The Morgan fingerprint density at radius 3 is 2.68 bits per heavy atom. The van der Waals surface area contributed by atoms with Crippen LogP contribution in [0.3, 0.4) is 0 Å². The number of carbonyl (C=O) groups excluding carboxylic acids is 1. The molecule has 0 atom stereocenters. The van der Waals surface area contributed by atoms with Gasteiger partial charge in [-0.2, -0.15) is 0 Å². The molecule has 0 aliphatic carbocycles. The smallest absolute Gasteiger partial charge is 0.274 e. The van der Waals surface area contributed by atoms with Gasteiger partial charge >= 0.3 is 0 Å². The van der Waals surface area contributed by atoms with Crippen LogP contribution in [-0.4, -0.2) is 20.9 Å². The molecule has 0 aliphatic heterocycles. The first-order valence-corrected chi connectivity index (χ1v) is 7.34. The third kappa shape index (κ3) is 4.31. The zero-order valence-corrected chi connectivity index (χ0v) is 12.9. The van der Waals surface area contributed by atoms with Crippen LogP contribution >= 0.6 is 0 Å². The van der Waals surface area contributed by atoms with Gasteiger partial charge in [0.05, 0.1) is 17.9 Å². The Morgan fingerprint density at radius 2 is 1.92 bits per heavy atom. The molecule has 2 N–H and O–H groups in total. The van der Waals surface area contributed by atoms with Crippen LogP contribution in [0.5, 0.6) is 0 Å². The molecule has 0 fully saturated rings.